The van der Waals surface area contributed by atoms with Crippen molar-refractivity contribution in [2.45, 2.75) is 37.3 Å². The number of hydrogen-bond donors (Lipinski definition) is 5. The van der Waals surface area contributed by atoms with E-state index in [1.54, 1.807) is 12.1 Å². The molecule has 5 atom stereocenters. The second-order valence-electron chi connectivity index (χ2n) is 4.68. The lowest BCUT2D eigenvalue weighted by Gasteiger charge is -2.39. The summed E-state index contributed by atoms with van der Waals surface area (Å²) in [5.41, 5.74) is 0.655. The van der Waals surface area contributed by atoms with E-state index in [4.69, 9.17) is 14.6 Å². The minimum atomic E-state index is -1.46. The average molecular weight is 286 g/mol. The van der Waals surface area contributed by atoms with Crippen molar-refractivity contribution in [3.8, 4) is 5.75 Å². The number of rotatable bonds is 4. The summed E-state index contributed by atoms with van der Waals surface area (Å²) < 4.78 is 10.5. The van der Waals surface area contributed by atoms with E-state index < -0.39 is 37.3 Å². The van der Waals surface area contributed by atoms with E-state index in [9.17, 15) is 20.4 Å². The van der Waals surface area contributed by atoms with E-state index in [2.05, 4.69) is 0 Å². The normalized spacial score (nSPS) is 34.1. The smallest absolute Gasteiger partial charge is 0.187 e. The molecular weight excluding hydrogens is 268 g/mol. The third-order valence-electron chi connectivity index (χ3n) is 3.17. The minimum Gasteiger partial charge on any atom is -0.508 e. The van der Waals surface area contributed by atoms with E-state index in [-0.39, 0.29) is 12.4 Å². The van der Waals surface area contributed by atoms with E-state index in [1.165, 1.54) is 12.1 Å². The van der Waals surface area contributed by atoms with Gasteiger partial charge in [0.15, 0.2) is 6.29 Å². The first kappa shape index (κ1) is 15.2. The molecule has 7 nitrogen and oxygen atoms in total. The lowest BCUT2D eigenvalue weighted by atomic mass is 9.99. The first-order valence-corrected chi connectivity index (χ1v) is 6.23. The van der Waals surface area contributed by atoms with Gasteiger partial charge in [-0.15, -0.1) is 0 Å². The maximum atomic E-state index is 9.76. The molecule has 0 saturated carbocycles. The fraction of sp³-hybridized carbons (Fsp3) is 0.538. The second kappa shape index (κ2) is 6.49. The zero-order chi connectivity index (χ0) is 14.7. The first-order chi connectivity index (χ1) is 9.52. The van der Waals surface area contributed by atoms with Crippen molar-refractivity contribution < 1.29 is 35.0 Å². The van der Waals surface area contributed by atoms with Crippen LogP contribution >= 0.6 is 0 Å². The van der Waals surface area contributed by atoms with Crippen LogP contribution in [0.5, 0.6) is 5.75 Å². The maximum absolute atomic E-state index is 9.76. The number of aromatic hydroxyl groups is 1. The Morgan fingerprint density at radius 3 is 2.50 bits per heavy atom. The van der Waals surface area contributed by atoms with Gasteiger partial charge in [-0.05, 0) is 17.7 Å². The molecule has 112 valence electrons. The van der Waals surface area contributed by atoms with Gasteiger partial charge in [0, 0.05) is 0 Å². The highest BCUT2D eigenvalue weighted by Gasteiger charge is 2.43. The van der Waals surface area contributed by atoms with Crippen LogP contribution in [0.15, 0.2) is 24.3 Å². The highest BCUT2D eigenvalue weighted by atomic mass is 16.7. The Morgan fingerprint density at radius 2 is 1.85 bits per heavy atom. The topological polar surface area (TPSA) is 120 Å². The van der Waals surface area contributed by atoms with Gasteiger partial charge < -0.3 is 35.0 Å². The molecule has 20 heavy (non-hydrogen) atoms. The standard InChI is InChI=1S/C13H18O7/c14-5-9-10(16)11(17)12(18)13(20-9)19-6-7-2-1-3-8(15)4-7/h1-4,9-18H,5-6H2/t9-,10-,11+,12-,13+/m1/s1. The van der Waals surface area contributed by atoms with Gasteiger partial charge in [-0.2, -0.15) is 0 Å². The molecule has 1 heterocycles. The van der Waals surface area contributed by atoms with Crippen molar-refractivity contribution in [3.05, 3.63) is 29.8 Å². The Bertz CT molecular complexity index is 436. The van der Waals surface area contributed by atoms with Crippen LogP contribution in [0.2, 0.25) is 0 Å². The molecule has 0 unspecified atom stereocenters. The molecule has 0 spiro atoms. The Kier molecular flexibility index (Phi) is 4.92. The molecule has 1 aromatic carbocycles. The lowest BCUT2D eigenvalue weighted by Crippen LogP contribution is -2.59. The summed E-state index contributed by atoms with van der Waals surface area (Å²) in [5.74, 6) is 0.0832. The predicted molar refractivity (Wildman–Crippen MR) is 66.7 cm³/mol. The van der Waals surface area contributed by atoms with Crippen LogP contribution in [0, 0.1) is 0 Å². The van der Waals surface area contributed by atoms with Crippen molar-refractivity contribution in [3.63, 3.8) is 0 Å². The third kappa shape index (κ3) is 3.26. The lowest BCUT2D eigenvalue weighted by molar-refractivity contribution is -0.304. The molecule has 1 aliphatic rings. The van der Waals surface area contributed by atoms with Crippen LogP contribution in [0.1, 0.15) is 5.56 Å². The minimum absolute atomic E-state index is 0.0388. The van der Waals surface area contributed by atoms with Crippen LogP contribution < -0.4 is 0 Å². The van der Waals surface area contributed by atoms with Gasteiger partial charge >= 0.3 is 0 Å². The number of aliphatic hydroxyl groups is 4. The largest absolute Gasteiger partial charge is 0.508 e. The first-order valence-electron chi connectivity index (χ1n) is 6.23. The summed E-state index contributed by atoms with van der Waals surface area (Å²) in [4.78, 5) is 0. The number of phenols is 1. The van der Waals surface area contributed by atoms with Gasteiger partial charge in [-0.3, -0.25) is 0 Å². The van der Waals surface area contributed by atoms with Crippen LogP contribution in [0.25, 0.3) is 0 Å². The van der Waals surface area contributed by atoms with Crippen molar-refractivity contribution in [1.82, 2.24) is 0 Å². The Morgan fingerprint density at radius 1 is 1.10 bits per heavy atom. The fourth-order valence-electron chi connectivity index (χ4n) is 2.03. The van der Waals surface area contributed by atoms with Crippen molar-refractivity contribution >= 4 is 0 Å². The summed E-state index contributed by atoms with van der Waals surface area (Å²) in [6, 6.07) is 6.35. The highest BCUT2D eigenvalue weighted by Crippen LogP contribution is 2.23. The molecule has 7 heteroatoms. The van der Waals surface area contributed by atoms with Crippen LogP contribution in [-0.2, 0) is 16.1 Å². The van der Waals surface area contributed by atoms with E-state index in [1.807, 2.05) is 0 Å². The quantitative estimate of drug-likeness (QED) is 0.467. The molecule has 1 aliphatic heterocycles. The number of hydrogen-bond acceptors (Lipinski definition) is 7. The van der Waals surface area contributed by atoms with Crippen LogP contribution in [0.3, 0.4) is 0 Å². The second-order valence-corrected chi connectivity index (χ2v) is 4.68. The molecule has 5 N–H and O–H groups in total. The third-order valence-corrected chi connectivity index (χ3v) is 3.17. The van der Waals surface area contributed by atoms with E-state index in [0.717, 1.165) is 0 Å². The Balaban J connectivity index is 1.97. The maximum Gasteiger partial charge on any atom is 0.187 e. The van der Waals surface area contributed by atoms with Gasteiger partial charge in [0.1, 0.15) is 30.2 Å². The molecular formula is C13H18O7. The van der Waals surface area contributed by atoms with Crippen LogP contribution in [-0.4, -0.2) is 62.8 Å². The average Bonchev–Trinajstić information content (AvgIpc) is 2.44. The van der Waals surface area contributed by atoms with E-state index in [0.29, 0.717) is 5.56 Å². The number of phenolic OH excluding ortho intramolecular Hbond substituents is 1. The number of benzene rings is 1. The number of ether oxygens (including phenoxy) is 2. The van der Waals surface area contributed by atoms with Crippen LogP contribution in [0.4, 0.5) is 0 Å². The van der Waals surface area contributed by atoms with Crippen molar-refractivity contribution in [2.24, 2.45) is 0 Å². The zero-order valence-corrected chi connectivity index (χ0v) is 10.7. The molecule has 0 bridgehead atoms. The predicted octanol–water partition coefficient (Wildman–Crippen LogP) is -1.29. The Hall–Kier alpha value is -1.22. The van der Waals surface area contributed by atoms with Crippen molar-refractivity contribution in [2.75, 3.05) is 6.61 Å². The SMILES string of the molecule is OC[C@H]1O[C@H](OCc2cccc(O)c2)[C@H](O)[C@@H](O)[C@@H]1O. The van der Waals surface area contributed by atoms with Crippen molar-refractivity contribution in [1.29, 1.82) is 0 Å². The van der Waals surface area contributed by atoms with Gasteiger partial charge in [0.2, 0.25) is 0 Å². The highest BCUT2D eigenvalue weighted by molar-refractivity contribution is 5.26. The molecule has 1 aromatic rings. The van der Waals surface area contributed by atoms with E-state index >= 15 is 0 Å². The molecule has 0 radical (unpaired) electrons. The molecule has 0 aliphatic carbocycles. The summed E-state index contributed by atoms with van der Waals surface area (Å²) in [5, 5.41) is 47.3. The molecule has 1 saturated heterocycles. The van der Waals surface area contributed by atoms with Gasteiger partial charge in [0.05, 0.1) is 13.2 Å². The summed E-state index contributed by atoms with van der Waals surface area (Å²) >= 11 is 0. The van der Waals surface area contributed by atoms with Gasteiger partial charge in [-0.25, -0.2) is 0 Å². The summed E-state index contributed by atoms with van der Waals surface area (Å²) in [6.07, 6.45) is -6.47. The molecule has 2 rings (SSSR count). The Labute approximate surface area is 115 Å². The van der Waals surface area contributed by atoms with Gasteiger partial charge in [0.25, 0.3) is 0 Å². The fourth-order valence-corrected chi connectivity index (χ4v) is 2.03. The summed E-state index contributed by atoms with van der Waals surface area (Å²) in [7, 11) is 0. The monoisotopic (exact) mass is 286 g/mol. The molecule has 0 aromatic heterocycles. The molecule has 1 fully saturated rings. The zero-order valence-electron chi connectivity index (χ0n) is 10.7. The molecule has 0 amide bonds. The summed E-state index contributed by atoms with van der Waals surface area (Å²) in [6.45, 7) is -0.464. The van der Waals surface area contributed by atoms with Gasteiger partial charge in [-0.1, -0.05) is 12.1 Å². The number of aliphatic hydroxyl groups excluding tert-OH is 4.